The van der Waals surface area contributed by atoms with E-state index in [-0.39, 0.29) is 11.8 Å². The number of hydrogen-bond acceptors (Lipinski definition) is 3. The van der Waals surface area contributed by atoms with E-state index in [1.807, 2.05) is 24.3 Å². The number of rotatable bonds is 4. The number of carbonyl (C=O) groups excluding carboxylic acids is 2. The summed E-state index contributed by atoms with van der Waals surface area (Å²) < 4.78 is 0. The van der Waals surface area contributed by atoms with Gasteiger partial charge in [-0.05, 0) is 43.3 Å². The summed E-state index contributed by atoms with van der Waals surface area (Å²) in [5, 5.41) is 4.03. The van der Waals surface area contributed by atoms with Crippen LogP contribution in [0, 0.1) is 0 Å². The third-order valence-corrected chi connectivity index (χ3v) is 5.18. The largest absolute Gasteiger partial charge is 0.367 e. The van der Waals surface area contributed by atoms with Crippen LogP contribution in [0.4, 0.5) is 5.69 Å². The fourth-order valence-corrected chi connectivity index (χ4v) is 3.47. The van der Waals surface area contributed by atoms with Crippen LogP contribution in [-0.2, 0) is 4.79 Å². The van der Waals surface area contributed by atoms with Gasteiger partial charge in [0.1, 0.15) is 6.04 Å². The molecule has 0 saturated carbocycles. The number of nitrogens with one attached hydrogen (secondary N) is 1. The highest BCUT2D eigenvalue weighted by atomic mass is 35.5. The molecule has 0 radical (unpaired) electrons. The summed E-state index contributed by atoms with van der Waals surface area (Å²) in [5.74, 6) is -0.377. The number of nitrogens with zero attached hydrogens (tertiary/aromatic N) is 2. The van der Waals surface area contributed by atoms with E-state index in [2.05, 4.69) is 10.2 Å². The van der Waals surface area contributed by atoms with Gasteiger partial charge in [0.15, 0.2) is 0 Å². The highest BCUT2D eigenvalue weighted by Crippen LogP contribution is 2.26. The van der Waals surface area contributed by atoms with E-state index in [1.54, 1.807) is 36.1 Å². The Bertz CT molecular complexity index is 818. The SMILES string of the molecule is CC(NC(=O)c1ccc(Cl)cc1)C(=O)N1CCN(c2ccccc2Cl)CC1. The predicted molar refractivity (Wildman–Crippen MR) is 109 cm³/mol. The van der Waals surface area contributed by atoms with Gasteiger partial charge in [-0.15, -0.1) is 0 Å². The van der Waals surface area contributed by atoms with Gasteiger partial charge in [0, 0.05) is 36.8 Å². The monoisotopic (exact) mass is 405 g/mol. The minimum absolute atomic E-state index is 0.0869. The van der Waals surface area contributed by atoms with Crippen LogP contribution in [0.25, 0.3) is 0 Å². The maximum atomic E-state index is 12.7. The molecule has 27 heavy (non-hydrogen) atoms. The maximum absolute atomic E-state index is 12.7. The Morgan fingerprint density at radius 2 is 1.59 bits per heavy atom. The number of amides is 2. The molecule has 2 aromatic carbocycles. The van der Waals surface area contributed by atoms with Gasteiger partial charge in [0.25, 0.3) is 5.91 Å². The standard InChI is InChI=1S/C20H21Cl2N3O2/c1-14(23-19(26)15-6-8-16(21)9-7-15)20(27)25-12-10-24(11-13-25)18-5-3-2-4-17(18)22/h2-9,14H,10-13H2,1H3,(H,23,26). The van der Waals surface area contributed by atoms with Gasteiger partial charge in [-0.3, -0.25) is 9.59 Å². The first kappa shape index (κ1) is 19.5. The van der Waals surface area contributed by atoms with Crippen LogP contribution in [0.1, 0.15) is 17.3 Å². The molecule has 0 aromatic heterocycles. The molecule has 0 bridgehead atoms. The lowest BCUT2D eigenvalue weighted by atomic mass is 10.2. The molecule has 2 amide bonds. The maximum Gasteiger partial charge on any atom is 0.251 e. The van der Waals surface area contributed by atoms with Crippen molar-refractivity contribution >= 4 is 40.7 Å². The average molecular weight is 406 g/mol. The second-order valence-electron chi connectivity index (χ2n) is 6.47. The molecule has 7 heteroatoms. The zero-order valence-electron chi connectivity index (χ0n) is 15.0. The highest BCUT2D eigenvalue weighted by Gasteiger charge is 2.26. The molecule has 142 valence electrons. The molecule has 5 nitrogen and oxygen atoms in total. The summed E-state index contributed by atoms with van der Waals surface area (Å²) in [4.78, 5) is 28.9. The van der Waals surface area contributed by atoms with Crippen LogP contribution in [-0.4, -0.2) is 48.9 Å². The van der Waals surface area contributed by atoms with Crippen molar-refractivity contribution in [1.82, 2.24) is 10.2 Å². The molecule has 1 heterocycles. The molecule has 1 unspecified atom stereocenters. The second kappa shape index (κ2) is 8.63. The van der Waals surface area contributed by atoms with Crippen molar-refractivity contribution in [2.24, 2.45) is 0 Å². The van der Waals surface area contributed by atoms with Crippen molar-refractivity contribution < 1.29 is 9.59 Å². The van der Waals surface area contributed by atoms with Crippen LogP contribution in [0.15, 0.2) is 48.5 Å². The van der Waals surface area contributed by atoms with E-state index >= 15 is 0 Å². The lowest BCUT2D eigenvalue weighted by Gasteiger charge is -2.37. The molecule has 1 aliphatic rings. The number of benzene rings is 2. The third kappa shape index (κ3) is 4.73. The number of para-hydroxylation sites is 1. The summed E-state index contributed by atoms with van der Waals surface area (Å²) in [5.41, 5.74) is 1.46. The molecule has 1 N–H and O–H groups in total. The molecule has 1 aliphatic heterocycles. The van der Waals surface area contributed by atoms with E-state index in [1.165, 1.54) is 0 Å². The van der Waals surface area contributed by atoms with Crippen molar-refractivity contribution in [3.63, 3.8) is 0 Å². The summed E-state index contributed by atoms with van der Waals surface area (Å²) >= 11 is 12.1. The Morgan fingerprint density at radius 3 is 2.22 bits per heavy atom. The third-order valence-electron chi connectivity index (χ3n) is 4.61. The van der Waals surface area contributed by atoms with Gasteiger partial charge >= 0.3 is 0 Å². The molecule has 0 aliphatic carbocycles. The summed E-state index contributed by atoms with van der Waals surface area (Å²) in [7, 11) is 0. The van der Waals surface area contributed by atoms with Crippen molar-refractivity contribution in [2.75, 3.05) is 31.1 Å². The van der Waals surface area contributed by atoms with Crippen LogP contribution in [0.2, 0.25) is 10.0 Å². The highest BCUT2D eigenvalue weighted by molar-refractivity contribution is 6.33. The first-order valence-corrected chi connectivity index (χ1v) is 9.56. The predicted octanol–water partition coefficient (Wildman–Crippen LogP) is 3.46. The lowest BCUT2D eigenvalue weighted by molar-refractivity contribution is -0.133. The van der Waals surface area contributed by atoms with Gasteiger partial charge < -0.3 is 15.1 Å². The Hall–Kier alpha value is -2.24. The van der Waals surface area contributed by atoms with E-state index in [0.29, 0.717) is 41.8 Å². The summed E-state index contributed by atoms with van der Waals surface area (Å²) in [6.45, 7) is 4.29. The quantitative estimate of drug-likeness (QED) is 0.846. The van der Waals surface area contributed by atoms with Crippen molar-refractivity contribution in [2.45, 2.75) is 13.0 Å². The van der Waals surface area contributed by atoms with Gasteiger partial charge in [-0.25, -0.2) is 0 Å². The van der Waals surface area contributed by atoms with Crippen LogP contribution in [0.3, 0.4) is 0 Å². The molecule has 3 rings (SSSR count). The van der Waals surface area contributed by atoms with E-state index in [0.717, 1.165) is 5.69 Å². The Balaban J connectivity index is 1.54. The molecule has 0 spiro atoms. The number of anilines is 1. The summed E-state index contributed by atoms with van der Waals surface area (Å²) in [6.07, 6.45) is 0. The van der Waals surface area contributed by atoms with Crippen LogP contribution < -0.4 is 10.2 Å². The second-order valence-corrected chi connectivity index (χ2v) is 7.31. The minimum atomic E-state index is -0.597. The zero-order valence-corrected chi connectivity index (χ0v) is 16.5. The number of hydrogen-bond donors (Lipinski definition) is 1. The molecular weight excluding hydrogens is 385 g/mol. The molecule has 1 fully saturated rings. The first-order valence-electron chi connectivity index (χ1n) is 8.80. The van der Waals surface area contributed by atoms with Crippen molar-refractivity contribution in [3.8, 4) is 0 Å². The zero-order chi connectivity index (χ0) is 19.4. The van der Waals surface area contributed by atoms with E-state index in [4.69, 9.17) is 23.2 Å². The van der Waals surface area contributed by atoms with Crippen molar-refractivity contribution in [1.29, 1.82) is 0 Å². The Labute approximate surface area is 168 Å². The number of carbonyl (C=O) groups is 2. The minimum Gasteiger partial charge on any atom is -0.367 e. The van der Waals surface area contributed by atoms with E-state index < -0.39 is 6.04 Å². The molecular formula is C20H21Cl2N3O2. The molecule has 2 aromatic rings. The van der Waals surface area contributed by atoms with Crippen LogP contribution >= 0.6 is 23.2 Å². The number of halogens is 2. The Kier molecular flexibility index (Phi) is 6.24. The van der Waals surface area contributed by atoms with Gasteiger partial charge in [0.2, 0.25) is 5.91 Å². The van der Waals surface area contributed by atoms with Crippen LogP contribution in [0.5, 0.6) is 0 Å². The average Bonchev–Trinajstić information content (AvgIpc) is 2.68. The van der Waals surface area contributed by atoms with Gasteiger partial charge in [-0.1, -0.05) is 35.3 Å². The normalized spacial score (nSPS) is 15.4. The fourth-order valence-electron chi connectivity index (χ4n) is 3.09. The molecule has 1 atom stereocenters. The topological polar surface area (TPSA) is 52.7 Å². The first-order chi connectivity index (χ1) is 13.0. The Morgan fingerprint density at radius 1 is 0.963 bits per heavy atom. The smallest absolute Gasteiger partial charge is 0.251 e. The van der Waals surface area contributed by atoms with Gasteiger partial charge in [-0.2, -0.15) is 0 Å². The lowest BCUT2D eigenvalue weighted by Crippen LogP contribution is -2.54. The number of piperazine rings is 1. The van der Waals surface area contributed by atoms with Gasteiger partial charge in [0.05, 0.1) is 10.7 Å². The fraction of sp³-hybridized carbons (Fsp3) is 0.300. The summed E-state index contributed by atoms with van der Waals surface area (Å²) in [6, 6.07) is 13.7. The van der Waals surface area contributed by atoms with Crippen molar-refractivity contribution in [3.05, 3.63) is 64.1 Å². The molecule has 1 saturated heterocycles. The van der Waals surface area contributed by atoms with E-state index in [9.17, 15) is 9.59 Å².